The maximum absolute atomic E-state index is 9.39. The second-order valence-corrected chi connectivity index (χ2v) is 6.51. The molecule has 0 amide bonds. The van der Waals surface area contributed by atoms with Gasteiger partial charge in [-0.25, -0.2) is 0 Å². The van der Waals surface area contributed by atoms with Crippen LogP contribution in [0.3, 0.4) is 0 Å². The van der Waals surface area contributed by atoms with E-state index in [9.17, 15) is 9.13 Å². The minimum Gasteiger partial charge on any atom is -0.131 e. The first-order valence-electron chi connectivity index (χ1n) is 7.45. The van der Waals surface area contributed by atoms with Crippen LogP contribution >= 0.6 is 16.5 Å². The van der Waals surface area contributed by atoms with Gasteiger partial charge in [-0.3, -0.25) is 0 Å². The van der Waals surface area contributed by atoms with Crippen LogP contribution in [0.1, 0.15) is 58.1 Å². The zero-order valence-corrected chi connectivity index (χ0v) is 15.4. The van der Waals surface area contributed by atoms with Crippen LogP contribution in [-0.4, -0.2) is 9.79 Å². The molecule has 0 aliphatic rings. The van der Waals surface area contributed by atoms with Crippen LogP contribution in [0, 0.1) is 0 Å². The van der Waals surface area contributed by atoms with Crippen molar-refractivity contribution in [3.63, 3.8) is 0 Å². The average molecular weight is 348 g/mol. The highest BCUT2D eigenvalue weighted by molar-refractivity contribution is 7.46. The predicted octanol–water partition coefficient (Wildman–Crippen LogP) is 5.02. The van der Waals surface area contributed by atoms with Crippen molar-refractivity contribution in [3.05, 3.63) is 35.4 Å². The largest absolute Gasteiger partial charge is 0.745 e. The lowest BCUT2D eigenvalue weighted by atomic mass is 9.72. The normalized spacial score (nSPS) is 12.3. The van der Waals surface area contributed by atoms with Crippen LogP contribution in [0.25, 0.3) is 0 Å². The maximum Gasteiger partial charge on any atom is 0.745 e. The van der Waals surface area contributed by atoms with Crippen molar-refractivity contribution in [2.45, 2.75) is 58.8 Å². The van der Waals surface area contributed by atoms with Gasteiger partial charge < -0.3 is 0 Å². The highest BCUT2D eigenvalue weighted by Gasteiger charge is 2.31. The number of rotatable bonds is 7. The summed E-state index contributed by atoms with van der Waals surface area (Å²) in [5.41, 5.74) is 3.52. The first-order valence-corrected chi connectivity index (χ1v) is 9.71. The molecule has 2 N–H and O–H groups in total. The van der Waals surface area contributed by atoms with Crippen molar-refractivity contribution < 1.29 is 23.2 Å². The Morgan fingerprint density at radius 2 is 1.41 bits per heavy atom. The van der Waals surface area contributed by atoms with E-state index in [-0.39, 0.29) is 0 Å². The van der Waals surface area contributed by atoms with Crippen molar-refractivity contribution in [3.8, 4) is 0 Å². The highest BCUT2D eigenvalue weighted by Crippen LogP contribution is 2.37. The molecule has 0 bridgehead atoms. The first-order chi connectivity index (χ1) is 10.4. The molecule has 124 valence electrons. The molecule has 0 saturated carbocycles. The molecule has 1 rings (SSSR count). The Balaban J connectivity index is 0.000000534. The number of hydrogen-bond donors (Lipinski definition) is 2. The summed E-state index contributed by atoms with van der Waals surface area (Å²) in [6, 6.07) is 8.96. The highest BCUT2D eigenvalue weighted by atomic mass is 31.2. The molecule has 2 unspecified atom stereocenters. The van der Waals surface area contributed by atoms with E-state index in [1.54, 1.807) is 5.56 Å². The van der Waals surface area contributed by atoms with Gasteiger partial charge in [0.05, 0.1) is 0 Å². The molecule has 1 aromatic rings. The van der Waals surface area contributed by atoms with Crippen molar-refractivity contribution in [2.75, 3.05) is 0 Å². The Kier molecular flexibility index (Phi) is 10.6. The summed E-state index contributed by atoms with van der Waals surface area (Å²) in [6.07, 6.45) is 4.89. The molecule has 0 heterocycles. The molecule has 5 nitrogen and oxygen atoms in total. The summed E-state index contributed by atoms with van der Waals surface area (Å²) < 4.78 is 22.2. The van der Waals surface area contributed by atoms with E-state index in [0.29, 0.717) is 5.41 Å². The molecule has 0 aliphatic carbocycles. The predicted molar refractivity (Wildman–Crippen MR) is 89.1 cm³/mol. The average Bonchev–Trinajstić information content (AvgIpc) is 2.49. The van der Waals surface area contributed by atoms with E-state index in [0.717, 1.165) is 6.42 Å². The molecule has 0 fully saturated rings. The van der Waals surface area contributed by atoms with Crippen LogP contribution in [0.15, 0.2) is 24.3 Å². The van der Waals surface area contributed by atoms with Gasteiger partial charge in [-0.05, 0) is 42.2 Å². The Morgan fingerprint density at radius 3 is 1.73 bits per heavy atom. The summed E-state index contributed by atoms with van der Waals surface area (Å²) in [6.45, 7) is 9.21. The van der Waals surface area contributed by atoms with E-state index < -0.39 is 16.5 Å². The molecule has 2 atom stereocenters. The molecule has 0 saturated heterocycles. The van der Waals surface area contributed by atoms with Crippen LogP contribution in [-0.2, 0) is 25.3 Å². The van der Waals surface area contributed by atoms with Gasteiger partial charge in [0.2, 0.25) is 0 Å². The van der Waals surface area contributed by atoms with Gasteiger partial charge in [-0.2, -0.15) is 0 Å². The van der Waals surface area contributed by atoms with Crippen LogP contribution in [0.5, 0.6) is 0 Å². The quantitative estimate of drug-likeness (QED) is 0.676. The number of benzene rings is 1. The smallest absolute Gasteiger partial charge is 0.131 e. The van der Waals surface area contributed by atoms with E-state index in [4.69, 9.17) is 9.79 Å². The number of aryl methyl sites for hydroxylation is 1. The summed E-state index contributed by atoms with van der Waals surface area (Å²) in [5.74, 6) is 0. The van der Waals surface area contributed by atoms with Gasteiger partial charge in [-0.1, -0.05) is 52.0 Å². The second kappa shape index (κ2) is 10.9. The SMILES string of the molecule is CCc1ccccc1C(CC)(CC)CC.O=[P+](O)O[P+](=O)O. The summed E-state index contributed by atoms with van der Waals surface area (Å²) in [5, 5.41) is 0. The standard InChI is InChI=1S/C15H24.O5P2/c1-5-13-11-9-10-12-14(13)15(6-2,7-3)8-4;1-6(2)5-7(3)4/h9-12H,5-8H2,1-4H3;/p+2. The lowest BCUT2D eigenvalue weighted by molar-refractivity contribution is 0.371. The Bertz CT molecular complexity index is 466. The monoisotopic (exact) mass is 348 g/mol. The second-order valence-electron chi connectivity index (χ2n) is 4.91. The molecule has 22 heavy (non-hydrogen) atoms. The summed E-state index contributed by atoms with van der Waals surface area (Å²) in [7, 11) is -5.85. The number of hydrogen-bond acceptors (Lipinski definition) is 3. The molecule has 1 aromatic carbocycles. The van der Waals surface area contributed by atoms with Gasteiger partial charge in [0, 0.05) is 9.13 Å². The lowest BCUT2D eigenvalue weighted by Crippen LogP contribution is -2.24. The molecular formula is C15H26O5P2+2. The molecule has 0 spiro atoms. The Morgan fingerprint density at radius 1 is 0.955 bits per heavy atom. The van der Waals surface area contributed by atoms with Crippen LogP contribution in [0.4, 0.5) is 0 Å². The van der Waals surface area contributed by atoms with E-state index in [1.807, 2.05) is 0 Å². The fraction of sp³-hybridized carbons (Fsp3) is 0.600. The van der Waals surface area contributed by atoms with Gasteiger partial charge in [0.15, 0.2) is 4.31 Å². The molecule has 7 heteroatoms. The third-order valence-electron chi connectivity index (χ3n) is 4.14. The lowest BCUT2D eigenvalue weighted by Gasteiger charge is -2.33. The fourth-order valence-corrected chi connectivity index (χ4v) is 3.21. The van der Waals surface area contributed by atoms with Crippen molar-refractivity contribution in [2.24, 2.45) is 0 Å². The van der Waals surface area contributed by atoms with Crippen LogP contribution < -0.4 is 0 Å². The topological polar surface area (TPSA) is 83.8 Å². The molecule has 0 aromatic heterocycles. The molecule has 0 radical (unpaired) electrons. The van der Waals surface area contributed by atoms with Crippen molar-refractivity contribution in [1.82, 2.24) is 0 Å². The van der Waals surface area contributed by atoms with Crippen LogP contribution in [0.2, 0.25) is 0 Å². The molecule has 0 aliphatic heterocycles. The summed E-state index contributed by atoms with van der Waals surface area (Å²) >= 11 is 0. The van der Waals surface area contributed by atoms with E-state index in [1.165, 1.54) is 24.8 Å². The van der Waals surface area contributed by atoms with Gasteiger partial charge >= 0.3 is 16.5 Å². The Hall–Kier alpha value is -0.700. The van der Waals surface area contributed by atoms with E-state index >= 15 is 0 Å². The van der Waals surface area contributed by atoms with E-state index in [2.05, 4.69) is 56.3 Å². The zero-order chi connectivity index (χ0) is 17.2. The van der Waals surface area contributed by atoms with Gasteiger partial charge in [0.25, 0.3) is 0 Å². The third kappa shape index (κ3) is 6.60. The summed E-state index contributed by atoms with van der Waals surface area (Å²) in [4.78, 5) is 15.3. The van der Waals surface area contributed by atoms with Crippen molar-refractivity contribution in [1.29, 1.82) is 0 Å². The first kappa shape index (κ1) is 21.3. The van der Waals surface area contributed by atoms with Crippen molar-refractivity contribution >= 4 is 16.5 Å². The minimum absolute atomic E-state index is 0.409. The maximum atomic E-state index is 9.39. The van der Waals surface area contributed by atoms with Gasteiger partial charge in [-0.15, -0.1) is 9.79 Å². The Labute approximate surface area is 134 Å². The fourth-order valence-electron chi connectivity index (χ4n) is 2.73. The zero-order valence-electron chi connectivity index (χ0n) is 13.7. The van der Waals surface area contributed by atoms with Gasteiger partial charge in [0.1, 0.15) is 0 Å². The minimum atomic E-state index is -2.92. The third-order valence-corrected chi connectivity index (χ3v) is 5.26. The molecular weight excluding hydrogens is 322 g/mol.